The number of nitrogens with one attached hydrogen (secondary N) is 2. The minimum atomic E-state index is -0.116. The van der Waals surface area contributed by atoms with Gasteiger partial charge in [0.05, 0.1) is 5.69 Å². The van der Waals surface area contributed by atoms with Crippen LogP contribution in [0.15, 0.2) is 47.2 Å². The number of hydrogen-bond donors (Lipinski definition) is 2. The second-order valence-corrected chi connectivity index (χ2v) is 6.83. The Labute approximate surface area is 167 Å². The lowest BCUT2D eigenvalue weighted by Crippen LogP contribution is -2.29. The van der Waals surface area contributed by atoms with Gasteiger partial charge in [0.1, 0.15) is 12.1 Å². The molecule has 0 aliphatic heterocycles. The molecule has 8 heteroatoms. The largest absolute Gasteiger partial charge is 0.361 e. The van der Waals surface area contributed by atoms with E-state index in [1.165, 1.54) is 6.33 Å². The Bertz CT molecular complexity index is 1160. The molecule has 29 heavy (non-hydrogen) atoms. The zero-order valence-electron chi connectivity index (χ0n) is 16.6. The molecule has 2 aromatic carbocycles. The number of aryl methyl sites for hydroxylation is 3. The summed E-state index contributed by atoms with van der Waals surface area (Å²) in [5, 5.41) is 16.1. The molecule has 0 fully saturated rings. The van der Waals surface area contributed by atoms with E-state index in [-0.39, 0.29) is 5.91 Å². The van der Waals surface area contributed by atoms with Crippen LogP contribution in [0.25, 0.3) is 21.9 Å². The first kappa shape index (κ1) is 18.7. The molecule has 4 rings (SSSR count). The molecule has 2 aromatic heterocycles. The van der Waals surface area contributed by atoms with E-state index < -0.39 is 0 Å². The number of aromatic nitrogens is 4. The monoisotopic (exact) mass is 390 g/mol. The molecule has 4 aromatic rings. The summed E-state index contributed by atoms with van der Waals surface area (Å²) in [6.45, 7) is 4.87. The number of hydrogen-bond acceptors (Lipinski definition) is 6. The summed E-state index contributed by atoms with van der Waals surface area (Å²) < 4.78 is 6.96. The minimum absolute atomic E-state index is 0.116. The number of benzene rings is 2. The number of anilines is 1. The number of nitrogens with zero attached hydrogens (tertiary/aromatic N) is 4. The normalized spacial score (nSPS) is 11.0. The molecule has 2 N–H and O–H groups in total. The van der Waals surface area contributed by atoms with E-state index >= 15 is 0 Å². The van der Waals surface area contributed by atoms with Crippen LogP contribution >= 0.6 is 0 Å². The number of carbonyl (C=O) groups is 1. The molecular weight excluding hydrogens is 368 g/mol. The molecule has 2 heterocycles. The third kappa shape index (κ3) is 3.69. The highest BCUT2D eigenvalue weighted by Gasteiger charge is 2.15. The van der Waals surface area contributed by atoms with Crippen LogP contribution in [-0.2, 0) is 7.05 Å². The van der Waals surface area contributed by atoms with Crippen molar-refractivity contribution in [2.24, 2.45) is 7.05 Å². The molecular formula is C21H22N6O2. The van der Waals surface area contributed by atoms with Crippen molar-refractivity contribution in [1.29, 1.82) is 0 Å². The van der Waals surface area contributed by atoms with Gasteiger partial charge in [-0.3, -0.25) is 4.79 Å². The molecule has 0 radical (unpaired) electrons. The molecule has 148 valence electrons. The summed E-state index contributed by atoms with van der Waals surface area (Å²) in [7, 11) is 1.81. The first-order valence-corrected chi connectivity index (χ1v) is 9.36. The lowest BCUT2D eigenvalue weighted by atomic mass is 9.96. The van der Waals surface area contributed by atoms with Crippen LogP contribution in [0.2, 0.25) is 0 Å². The van der Waals surface area contributed by atoms with Gasteiger partial charge in [-0.1, -0.05) is 29.4 Å². The third-order valence-corrected chi connectivity index (χ3v) is 4.85. The Morgan fingerprint density at radius 3 is 2.76 bits per heavy atom. The smallest absolute Gasteiger partial charge is 0.251 e. The summed E-state index contributed by atoms with van der Waals surface area (Å²) in [6.07, 6.45) is 1.48. The van der Waals surface area contributed by atoms with E-state index in [0.29, 0.717) is 24.6 Å². The SMILES string of the molecule is Cc1noc(C)c1-c1cccc2cc(C(=O)NCCNc3ncnn3C)ccc12. The van der Waals surface area contributed by atoms with E-state index in [2.05, 4.69) is 25.9 Å². The highest BCUT2D eigenvalue weighted by Crippen LogP contribution is 2.33. The Kier molecular flexibility index (Phi) is 4.99. The van der Waals surface area contributed by atoms with Gasteiger partial charge in [-0.05, 0) is 42.3 Å². The molecule has 1 amide bonds. The van der Waals surface area contributed by atoms with Crippen LogP contribution in [0, 0.1) is 13.8 Å². The van der Waals surface area contributed by atoms with Gasteiger partial charge in [-0.15, -0.1) is 0 Å². The predicted molar refractivity (Wildman–Crippen MR) is 111 cm³/mol. The first-order valence-electron chi connectivity index (χ1n) is 9.36. The summed E-state index contributed by atoms with van der Waals surface area (Å²) >= 11 is 0. The first-order chi connectivity index (χ1) is 14.0. The van der Waals surface area contributed by atoms with Crippen LogP contribution in [-0.4, -0.2) is 38.9 Å². The van der Waals surface area contributed by atoms with Crippen molar-refractivity contribution in [3.8, 4) is 11.1 Å². The molecule has 0 spiro atoms. The fourth-order valence-corrected chi connectivity index (χ4v) is 3.42. The minimum Gasteiger partial charge on any atom is -0.361 e. The Hall–Kier alpha value is -3.68. The van der Waals surface area contributed by atoms with Crippen molar-refractivity contribution in [1.82, 2.24) is 25.2 Å². The quantitative estimate of drug-likeness (QED) is 0.491. The zero-order valence-corrected chi connectivity index (χ0v) is 16.6. The molecule has 0 unspecified atom stereocenters. The van der Waals surface area contributed by atoms with Crippen LogP contribution in [0.5, 0.6) is 0 Å². The van der Waals surface area contributed by atoms with Crippen LogP contribution in [0.3, 0.4) is 0 Å². The van der Waals surface area contributed by atoms with Crippen LogP contribution in [0.1, 0.15) is 21.8 Å². The maximum atomic E-state index is 12.5. The van der Waals surface area contributed by atoms with Gasteiger partial charge in [-0.25, -0.2) is 4.68 Å². The summed E-state index contributed by atoms with van der Waals surface area (Å²) in [4.78, 5) is 16.6. The van der Waals surface area contributed by atoms with Gasteiger partial charge in [0, 0.05) is 31.3 Å². The standard InChI is InChI=1S/C21H22N6O2/c1-13-19(14(2)29-26-13)18-6-4-5-15-11-16(7-8-17(15)18)20(28)22-9-10-23-21-24-12-25-27(21)3/h4-8,11-12H,9-10H2,1-3H3,(H,22,28)(H,23,24,25). The highest BCUT2D eigenvalue weighted by atomic mass is 16.5. The van der Waals surface area contributed by atoms with Gasteiger partial charge in [0.25, 0.3) is 5.91 Å². The average molecular weight is 390 g/mol. The third-order valence-electron chi connectivity index (χ3n) is 4.85. The fourth-order valence-electron chi connectivity index (χ4n) is 3.42. The van der Waals surface area contributed by atoms with Crippen molar-refractivity contribution >= 4 is 22.6 Å². The molecule has 0 aliphatic rings. The maximum absolute atomic E-state index is 12.5. The Balaban J connectivity index is 1.49. The second kappa shape index (κ2) is 7.75. The van der Waals surface area contributed by atoms with Crippen molar-refractivity contribution in [3.05, 3.63) is 59.7 Å². The van der Waals surface area contributed by atoms with Crippen molar-refractivity contribution < 1.29 is 9.32 Å². The van der Waals surface area contributed by atoms with Crippen molar-refractivity contribution in [2.45, 2.75) is 13.8 Å². The highest BCUT2D eigenvalue weighted by molar-refractivity contribution is 6.03. The summed E-state index contributed by atoms with van der Waals surface area (Å²) in [5.41, 5.74) is 3.53. The van der Waals surface area contributed by atoms with Crippen LogP contribution < -0.4 is 10.6 Å². The number of fused-ring (bicyclic) bond motifs is 1. The lowest BCUT2D eigenvalue weighted by molar-refractivity contribution is 0.0955. The number of carbonyl (C=O) groups excluding carboxylic acids is 1. The Morgan fingerprint density at radius 2 is 2.03 bits per heavy atom. The van der Waals surface area contributed by atoms with Crippen LogP contribution in [0.4, 0.5) is 5.95 Å². The maximum Gasteiger partial charge on any atom is 0.251 e. The predicted octanol–water partition coefficient (Wildman–Crippen LogP) is 3.08. The van der Waals surface area contributed by atoms with E-state index in [4.69, 9.17) is 4.52 Å². The average Bonchev–Trinajstić information content (AvgIpc) is 3.28. The molecule has 0 aliphatic carbocycles. The van der Waals surface area contributed by atoms with Crippen molar-refractivity contribution in [3.63, 3.8) is 0 Å². The number of amides is 1. The van der Waals surface area contributed by atoms with Crippen molar-refractivity contribution in [2.75, 3.05) is 18.4 Å². The van der Waals surface area contributed by atoms with Gasteiger partial charge in [0.2, 0.25) is 5.95 Å². The van der Waals surface area contributed by atoms with E-state index in [9.17, 15) is 4.79 Å². The lowest BCUT2D eigenvalue weighted by Gasteiger charge is -2.10. The molecule has 8 nitrogen and oxygen atoms in total. The molecule has 0 saturated heterocycles. The number of rotatable bonds is 6. The van der Waals surface area contributed by atoms with Gasteiger partial charge >= 0.3 is 0 Å². The van der Waals surface area contributed by atoms with E-state index in [1.54, 1.807) is 11.7 Å². The van der Waals surface area contributed by atoms with E-state index in [1.807, 2.05) is 50.2 Å². The fraction of sp³-hybridized carbons (Fsp3) is 0.238. The summed E-state index contributed by atoms with van der Waals surface area (Å²) in [5.74, 6) is 1.33. The summed E-state index contributed by atoms with van der Waals surface area (Å²) in [6, 6.07) is 11.8. The second-order valence-electron chi connectivity index (χ2n) is 6.83. The molecule has 0 atom stereocenters. The van der Waals surface area contributed by atoms with Gasteiger partial charge in [0.15, 0.2) is 0 Å². The molecule has 0 bridgehead atoms. The zero-order chi connectivity index (χ0) is 20.4. The topological polar surface area (TPSA) is 97.9 Å². The van der Waals surface area contributed by atoms with Gasteiger partial charge in [-0.2, -0.15) is 10.1 Å². The van der Waals surface area contributed by atoms with Gasteiger partial charge < -0.3 is 15.2 Å². The Morgan fingerprint density at radius 1 is 1.17 bits per heavy atom. The van der Waals surface area contributed by atoms with E-state index in [0.717, 1.165) is 33.4 Å². The molecule has 0 saturated carbocycles.